The zero-order valence-corrected chi connectivity index (χ0v) is 21.3. The van der Waals surface area contributed by atoms with Crippen LogP contribution in [0.15, 0.2) is 11.3 Å². The van der Waals surface area contributed by atoms with Crippen molar-refractivity contribution < 1.29 is 9.22 Å². The monoisotopic (exact) mass is 398 g/mol. The van der Waals surface area contributed by atoms with Gasteiger partial charge in [-0.05, 0) is 36.2 Å². The van der Waals surface area contributed by atoms with Gasteiger partial charge in [-0.1, -0.05) is 85.5 Å². The molecule has 4 heteroatoms. The Morgan fingerprint density at radius 2 is 1.50 bits per heavy atom. The first-order valence-electron chi connectivity index (χ1n) is 10.9. The molecule has 154 valence electrons. The zero-order chi connectivity index (χ0) is 20.4. The highest BCUT2D eigenvalue weighted by Gasteiger charge is 2.37. The smallest absolute Gasteiger partial charge is 0.191 e. The second-order valence-corrected chi connectivity index (χ2v) is 19.3. The van der Waals surface area contributed by atoms with E-state index in [9.17, 15) is 4.79 Å². The van der Waals surface area contributed by atoms with Crippen LogP contribution in [0.5, 0.6) is 0 Å². The molecule has 0 aliphatic heterocycles. The number of Topliss-reactive ketones (excluding diaryl/α,β-unsaturated/α-hetero) is 1. The fourth-order valence-corrected chi connectivity index (χ4v) is 8.33. The maximum atomic E-state index is 13.1. The fraction of sp³-hybridized carbons (Fsp3) is 0.864. The molecule has 0 rings (SSSR count). The predicted octanol–water partition coefficient (Wildman–Crippen LogP) is 7.52. The Morgan fingerprint density at radius 3 is 1.92 bits per heavy atom. The molecule has 0 saturated carbocycles. The Balaban J connectivity index is 4.98. The van der Waals surface area contributed by atoms with Crippen molar-refractivity contribution in [2.75, 3.05) is 6.61 Å². The highest BCUT2D eigenvalue weighted by atomic mass is 28.4. The maximum Gasteiger partial charge on any atom is 0.191 e. The van der Waals surface area contributed by atoms with Crippen molar-refractivity contribution in [3.8, 4) is 0 Å². The van der Waals surface area contributed by atoms with Crippen molar-refractivity contribution in [1.82, 2.24) is 0 Å². The third-order valence-corrected chi connectivity index (χ3v) is 16.9. The van der Waals surface area contributed by atoms with Crippen molar-refractivity contribution in [2.24, 2.45) is 0 Å². The summed E-state index contributed by atoms with van der Waals surface area (Å²) in [6, 6.07) is 3.55. The van der Waals surface area contributed by atoms with E-state index in [1.165, 1.54) is 36.2 Å². The summed E-state index contributed by atoms with van der Waals surface area (Å²) in [5.41, 5.74) is 0. The molecule has 0 unspecified atom stereocenters. The van der Waals surface area contributed by atoms with Crippen molar-refractivity contribution in [1.29, 1.82) is 0 Å². The SMILES string of the molecule is CCCC/C=C(\C(=O)CCCO[Si](C)(C)C(C)(C)C)[Si](CC)(CC)CC. The molecule has 0 N–H and O–H groups in total. The van der Waals surface area contributed by atoms with Gasteiger partial charge >= 0.3 is 0 Å². The molecule has 0 heterocycles. The highest BCUT2D eigenvalue weighted by Crippen LogP contribution is 2.36. The summed E-state index contributed by atoms with van der Waals surface area (Å²) in [7, 11) is -3.31. The van der Waals surface area contributed by atoms with E-state index in [2.05, 4.69) is 67.6 Å². The van der Waals surface area contributed by atoms with Gasteiger partial charge in [0.2, 0.25) is 0 Å². The van der Waals surface area contributed by atoms with Crippen LogP contribution in [0, 0.1) is 0 Å². The Labute approximate surface area is 166 Å². The van der Waals surface area contributed by atoms with E-state index >= 15 is 0 Å². The van der Waals surface area contributed by atoms with E-state index in [-0.39, 0.29) is 5.04 Å². The van der Waals surface area contributed by atoms with Crippen LogP contribution in [0.1, 0.15) is 80.6 Å². The van der Waals surface area contributed by atoms with Crippen LogP contribution >= 0.6 is 0 Å². The van der Waals surface area contributed by atoms with Gasteiger partial charge in [0.05, 0.1) is 8.07 Å². The van der Waals surface area contributed by atoms with Crippen LogP contribution in [0.25, 0.3) is 0 Å². The second kappa shape index (κ2) is 11.6. The fourth-order valence-electron chi connectivity index (χ4n) is 3.31. The minimum atomic E-state index is -1.70. The molecule has 0 fully saturated rings. The van der Waals surface area contributed by atoms with Gasteiger partial charge < -0.3 is 4.43 Å². The molecule has 0 radical (unpaired) electrons. The number of hydrogen-bond donors (Lipinski definition) is 0. The number of carbonyl (C=O) groups is 1. The molecule has 0 saturated heterocycles. The second-order valence-electron chi connectivity index (χ2n) is 9.24. The number of carbonyl (C=O) groups excluding carboxylic acids is 1. The molecular formula is C22H46O2Si2. The van der Waals surface area contributed by atoms with Crippen LogP contribution < -0.4 is 0 Å². The third-order valence-electron chi connectivity index (χ3n) is 6.63. The number of rotatable bonds is 13. The van der Waals surface area contributed by atoms with Crippen LogP contribution in [-0.2, 0) is 9.22 Å². The van der Waals surface area contributed by atoms with Gasteiger partial charge in [-0.2, -0.15) is 0 Å². The van der Waals surface area contributed by atoms with Gasteiger partial charge in [0.15, 0.2) is 14.1 Å². The summed E-state index contributed by atoms with van der Waals surface area (Å²) in [5.74, 6) is 0.414. The summed E-state index contributed by atoms with van der Waals surface area (Å²) >= 11 is 0. The Hall–Kier alpha value is -0.196. The average Bonchev–Trinajstić information content (AvgIpc) is 2.58. The lowest BCUT2D eigenvalue weighted by Gasteiger charge is -2.36. The van der Waals surface area contributed by atoms with Crippen molar-refractivity contribution in [2.45, 2.75) is 117 Å². The maximum absolute atomic E-state index is 13.1. The number of unbranched alkanes of at least 4 members (excludes halogenated alkanes) is 2. The molecule has 0 aliphatic carbocycles. The minimum Gasteiger partial charge on any atom is -0.417 e. The molecule has 0 aromatic carbocycles. The standard InChI is InChI=1S/C22H46O2Si2/c1-10-14-15-18-21(26(11-2,12-3)13-4)20(23)17-16-19-24-25(8,9)22(5,6)7/h18H,10-17,19H2,1-9H3/b21-18+. The van der Waals surface area contributed by atoms with E-state index in [4.69, 9.17) is 4.43 Å². The molecule has 0 spiro atoms. The summed E-state index contributed by atoms with van der Waals surface area (Å²) < 4.78 is 6.27. The zero-order valence-electron chi connectivity index (χ0n) is 19.3. The Bertz CT molecular complexity index is 435. The van der Waals surface area contributed by atoms with Crippen LogP contribution in [0.4, 0.5) is 0 Å². The summed E-state index contributed by atoms with van der Waals surface area (Å²) in [5, 5.41) is 1.47. The highest BCUT2D eigenvalue weighted by molar-refractivity contribution is 6.90. The molecular weight excluding hydrogens is 352 g/mol. The van der Waals surface area contributed by atoms with Crippen LogP contribution in [0.3, 0.4) is 0 Å². The van der Waals surface area contributed by atoms with Gasteiger partial charge in [0, 0.05) is 13.0 Å². The van der Waals surface area contributed by atoms with Gasteiger partial charge in [0.1, 0.15) is 0 Å². The molecule has 2 nitrogen and oxygen atoms in total. The number of allylic oxidation sites excluding steroid dienone is 2. The van der Waals surface area contributed by atoms with Gasteiger partial charge in [-0.15, -0.1) is 0 Å². The lowest BCUT2D eigenvalue weighted by molar-refractivity contribution is -0.115. The van der Waals surface area contributed by atoms with E-state index in [0.29, 0.717) is 12.2 Å². The normalized spacial score (nSPS) is 14.0. The van der Waals surface area contributed by atoms with Crippen molar-refractivity contribution >= 4 is 22.2 Å². The van der Waals surface area contributed by atoms with Crippen LogP contribution in [-0.4, -0.2) is 28.8 Å². The summed E-state index contributed by atoms with van der Waals surface area (Å²) in [6.07, 6.45) is 7.28. The van der Waals surface area contributed by atoms with Gasteiger partial charge in [-0.3, -0.25) is 4.79 Å². The molecule has 0 atom stereocenters. The van der Waals surface area contributed by atoms with E-state index in [1.54, 1.807) is 0 Å². The van der Waals surface area contributed by atoms with Gasteiger partial charge in [-0.25, -0.2) is 0 Å². The topological polar surface area (TPSA) is 26.3 Å². The predicted molar refractivity (Wildman–Crippen MR) is 122 cm³/mol. The number of hydrogen-bond acceptors (Lipinski definition) is 2. The quantitative estimate of drug-likeness (QED) is 0.182. The molecule has 0 aromatic rings. The largest absolute Gasteiger partial charge is 0.417 e. The van der Waals surface area contributed by atoms with Crippen molar-refractivity contribution in [3.63, 3.8) is 0 Å². The Kier molecular flexibility index (Phi) is 11.5. The molecule has 0 amide bonds. The van der Waals surface area contributed by atoms with Crippen molar-refractivity contribution in [3.05, 3.63) is 11.3 Å². The van der Waals surface area contributed by atoms with E-state index in [1.807, 2.05) is 0 Å². The van der Waals surface area contributed by atoms with E-state index in [0.717, 1.165) is 19.4 Å². The minimum absolute atomic E-state index is 0.233. The van der Waals surface area contributed by atoms with Crippen LogP contribution in [0.2, 0.25) is 36.3 Å². The lowest BCUT2D eigenvalue weighted by atomic mass is 10.2. The first-order chi connectivity index (χ1) is 12.0. The third kappa shape index (κ3) is 7.43. The number of ketones is 1. The summed E-state index contributed by atoms with van der Waals surface area (Å²) in [6.45, 7) is 21.2. The lowest BCUT2D eigenvalue weighted by Crippen LogP contribution is -2.41. The average molecular weight is 399 g/mol. The Morgan fingerprint density at radius 1 is 0.962 bits per heavy atom. The van der Waals surface area contributed by atoms with E-state index < -0.39 is 16.4 Å². The molecule has 26 heavy (non-hydrogen) atoms. The van der Waals surface area contributed by atoms with Gasteiger partial charge in [0.25, 0.3) is 0 Å². The molecule has 0 bridgehead atoms. The first kappa shape index (κ1) is 25.8. The summed E-state index contributed by atoms with van der Waals surface area (Å²) in [4.78, 5) is 13.1. The first-order valence-corrected chi connectivity index (χ1v) is 16.4. The molecule has 0 aromatic heterocycles. The molecule has 0 aliphatic rings.